The molecule has 2 fully saturated rings. The molecule has 7 nitrogen and oxygen atoms in total. The van der Waals surface area contributed by atoms with E-state index >= 15 is 0 Å². The van der Waals surface area contributed by atoms with E-state index in [0.717, 1.165) is 38.8 Å². The summed E-state index contributed by atoms with van der Waals surface area (Å²) in [5.41, 5.74) is 0.391. The van der Waals surface area contributed by atoms with Gasteiger partial charge in [0.15, 0.2) is 0 Å². The molecule has 26 heavy (non-hydrogen) atoms. The summed E-state index contributed by atoms with van der Waals surface area (Å²) in [5.74, 6) is 0.165. The zero-order valence-corrected chi connectivity index (χ0v) is 17.0. The molecule has 3 heterocycles. The van der Waals surface area contributed by atoms with Gasteiger partial charge in [0.1, 0.15) is 10.6 Å². The van der Waals surface area contributed by atoms with E-state index in [1.165, 1.54) is 6.07 Å². The second-order valence-corrected chi connectivity index (χ2v) is 9.22. The van der Waals surface area contributed by atoms with Gasteiger partial charge in [-0.2, -0.15) is 4.31 Å². The van der Waals surface area contributed by atoms with Crippen molar-refractivity contribution in [3.63, 3.8) is 0 Å². The number of hydrogen-bond donors (Lipinski definition) is 2. The quantitative estimate of drug-likeness (QED) is 0.793. The van der Waals surface area contributed by atoms with Crippen LogP contribution in [0.3, 0.4) is 0 Å². The third-order valence-electron chi connectivity index (χ3n) is 5.14. The van der Waals surface area contributed by atoms with E-state index in [1.54, 1.807) is 22.1 Å². The van der Waals surface area contributed by atoms with Crippen molar-refractivity contribution in [2.75, 3.05) is 26.2 Å². The maximum atomic E-state index is 12.9. The van der Waals surface area contributed by atoms with E-state index in [9.17, 15) is 13.2 Å². The molecule has 2 aliphatic heterocycles. The Morgan fingerprint density at radius 2 is 1.96 bits per heavy atom. The Hall–Kier alpha value is -1.09. The highest BCUT2D eigenvalue weighted by Gasteiger charge is 2.30. The van der Waals surface area contributed by atoms with Gasteiger partial charge in [-0.15, -0.1) is 12.4 Å². The van der Waals surface area contributed by atoms with E-state index in [4.69, 9.17) is 0 Å². The monoisotopic (exact) mass is 404 g/mol. The molecular formula is C17H29ClN4O3S. The summed E-state index contributed by atoms with van der Waals surface area (Å²) >= 11 is 0. The van der Waals surface area contributed by atoms with Gasteiger partial charge in [0, 0.05) is 32.4 Å². The lowest BCUT2D eigenvalue weighted by Crippen LogP contribution is -2.43. The molecule has 0 radical (unpaired) electrons. The van der Waals surface area contributed by atoms with Gasteiger partial charge in [0.25, 0.3) is 5.91 Å². The van der Waals surface area contributed by atoms with Gasteiger partial charge in [0.05, 0.1) is 0 Å². The van der Waals surface area contributed by atoms with Crippen LogP contribution in [0.2, 0.25) is 0 Å². The average molecular weight is 405 g/mol. The number of halogens is 1. The maximum Gasteiger partial charge on any atom is 0.268 e. The van der Waals surface area contributed by atoms with Crippen LogP contribution in [-0.2, 0) is 17.1 Å². The van der Waals surface area contributed by atoms with Crippen molar-refractivity contribution in [1.82, 2.24) is 19.5 Å². The first-order valence-corrected chi connectivity index (χ1v) is 10.5. The minimum absolute atomic E-state index is 0. The SMILES string of the molecule is CC1CCCN(S(=O)(=O)c2cc(C(=O)NC3CCNCC3)n(C)c2)C1.Cl. The molecule has 2 N–H and O–H groups in total. The fourth-order valence-corrected chi connectivity index (χ4v) is 5.31. The molecular weight excluding hydrogens is 376 g/mol. The molecule has 0 spiro atoms. The lowest BCUT2D eigenvalue weighted by Gasteiger charge is -2.29. The Labute approximate surface area is 162 Å². The van der Waals surface area contributed by atoms with Crippen LogP contribution in [-0.4, -0.2) is 55.4 Å². The van der Waals surface area contributed by atoms with Gasteiger partial charge in [-0.3, -0.25) is 4.79 Å². The average Bonchev–Trinajstić information content (AvgIpc) is 2.98. The lowest BCUT2D eigenvalue weighted by molar-refractivity contribution is 0.0921. The highest BCUT2D eigenvalue weighted by molar-refractivity contribution is 7.89. The van der Waals surface area contributed by atoms with E-state index in [-0.39, 0.29) is 29.3 Å². The van der Waals surface area contributed by atoms with Crippen LogP contribution in [0.1, 0.15) is 43.1 Å². The van der Waals surface area contributed by atoms with Crippen LogP contribution in [0.25, 0.3) is 0 Å². The van der Waals surface area contributed by atoms with Gasteiger partial charge < -0.3 is 15.2 Å². The molecule has 0 aliphatic carbocycles. The Balaban J connectivity index is 0.00000243. The van der Waals surface area contributed by atoms with Crippen LogP contribution < -0.4 is 10.6 Å². The number of amides is 1. The lowest BCUT2D eigenvalue weighted by atomic mass is 10.0. The fraction of sp³-hybridized carbons (Fsp3) is 0.706. The smallest absolute Gasteiger partial charge is 0.268 e. The minimum atomic E-state index is -3.54. The van der Waals surface area contributed by atoms with Gasteiger partial charge >= 0.3 is 0 Å². The summed E-state index contributed by atoms with van der Waals surface area (Å²) in [5, 5.41) is 6.28. The van der Waals surface area contributed by atoms with E-state index in [2.05, 4.69) is 17.6 Å². The van der Waals surface area contributed by atoms with Crippen molar-refractivity contribution in [2.24, 2.45) is 13.0 Å². The van der Waals surface area contributed by atoms with Crippen LogP contribution in [0.4, 0.5) is 0 Å². The summed E-state index contributed by atoms with van der Waals surface area (Å²) in [7, 11) is -1.82. The topological polar surface area (TPSA) is 83.4 Å². The number of piperidine rings is 2. The molecule has 0 bridgehead atoms. The predicted octanol–water partition coefficient (Wildman–Crippen LogP) is 1.35. The Kier molecular flexibility index (Phi) is 7.12. The predicted molar refractivity (Wildman–Crippen MR) is 103 cm³/mol. The van der Waals surface area contributed by atoms with Gasteiger partial charge in [-0.25, -0.2) is 8.42 Å². The second-order valence-electron chi connectivity index (χ2n) is 7.28. The van der Waals surface area contributed by atoms with Crippen molar-refractivity contribution < 1.29 is 13.2 Å². The number of carbonyl (C=O) groups excluding carboxylic acids is 1. The Morgan fingerprint density at radius 3 is 2.62 bits per heavy atom. The van der Waals surface area contributed by atoms with Crippen LogP contribution >= 0.6 is 12.4 Å². The maximum absolute atomic E-state index is 12.9. The molecule has 1 aromatic rings. The highest BCUT2D eigenvalue weighted by Crippen LogP contribution is 2.24. The number of aromatic nitrogens is 1. The van der Waals surface area contributed by atoms with Crippen molar-refractivity contribution >= 4 is 28.3 Å². The number of rotatable bonds is 4. The molecule has 1 atom stereocenters. The van der Waals surface area contributed by atoms with E-state index < -0.39 is 10.0 Å². The highest BCUT2D eigenvalue weighted by atomic mass is 35.5. The molecule has 2 aliphatic rings. The normalized spacial score (nSPS) is 22.6. The first kappa shape index (κ1) is 21.2. The molecule has 0 aromatic carbocycles. The molecule has 2 saturated heterocycles. The van der Waals surface area contributed by atoms with Crippen LogP contribution in [0.5, 0.6) is 0 Å². The summed E-state index contributed by atoms with van der Waals surface area (Å²) in [6, 6.07) is 1.65. The van der Waals surface area contributed by atoms with Crippen molar-refractivity contribution in [2.45, 2.75) is 43.5 Å². The van der Waals surface area contributed by atoms with Crippen molar-refractivity contribution in [3.8, 4) is 0 Å². The van der Waals surface area contributed by atoms with E-state index in [1.807, 2.05) is 0 Å². The zero-order chi connectivity index (χ0) is 18.0. The number of hydrogen-bond acceptors (Lipinski definition) is 4. The summed E-state index contributed by atoms with van der Waals surface area (Å²) in [4.78, 5) is 12.7. The Morgan fingerprint density at radius 1 is 1.27 bits per heavy atom. The molecule has 3 rings (SSSR count). The van der Waals surface area contributed by atoms with Gasteiger partial charge in [-0.1, -0.05) is 6.92 Å². The summed E-state index contributed by atoms with van der Waals surface area (Å²) in [6.45, 7) is 4.96. The van der Waals surface area contributed by atoms with Gasteiger partial charge in [0.2, 0.25) is 10.0 Å². The van der Waals surface area contributed by atoms with E-state index in [0.29, 0.717) is 24.7 Å². The second kappa shape index (κ2) is 8.73. The summed E-state index contributed by atoms with van der Waals surface area (Å²) in [6.07, 6.45) is 5.28. The van der Waals surface area contributed by atoms with Gasteiger partial charge in [-0.05, 0) is 50.8 Å². The third kappa shape index (κ3) is 4.60. The Bertz CT molecular complexity index is 728. The first-order valence-electron chi connectivity index (χ1n) is 9.06. The molecule has 0 saturated carbocycles. The number of sulfonamides is 1. The third-order valence-corrected chi connectivity index (χ3v) is 6.97. The molecule has 1 amide bonds. The molecule has 1 unspecified atom stereocenters. The largest absolute Gasteiger partial charge is 0.348 e. The zero-order valence-electron chi connectivity index (χ0n) is 15.4. The number of nitrogens with zero attached hydrogens (tertiary/aromatic N) is 2. The van der Waals surface area contributed by atoms with Crippen molar-refractivity contribution in [3.05, 3.63) is 18.0 Å². The minimum Gasteiger partial charge on any atom is -0.348 e. The number of nitrogens with one attached hydrogen (secondary N) is 2. The van der Waals surface area contributed by atoms with Crippen LogP contribution in [0.15, 0.2) is 17.2 Å². The van der Waals surface area contributed by atoms with Crippen LogP contribution in [0, 0.1) is 5.92 Å². The molecule has 148 valence electrons. The van der Waals surface area contributed by atoms with Crippen molar-refractivity contribution in [1.29, 1.82) is 0 Å². The first-order chi connectivity index (χ1) is 11.9. The number of aryl methyl sites for hydroxylation is 1. The standard InChI is InChI=1S/C17H28N4O3S.ClH/c1-13-4-3-9-21(11-13)25(23,24)15-10-16(20(2)12-15)17(22)19-14-5-7-18-8-6-14;/h10,12-14,18H,3-9,11H2,1-2H3,(H,19,22);1H. The molecule has 1 aromatic heterocycles. The number of carbonyl (C=O) groups is 1. The molecule has 9 heteroatoms. The fourth-order valence-electron chi connectivity index (χ4n) is 3.64. The summed E-state index contributed by atoms with van der Waals surface area (Å²) < 4.78 is 28.9.